The summed E-state index contributed by atoms with van der Waals surface area (Å²) in [7, 11) is 1.56. The van der Waals surface area contributed by atoms with Gasteiger partial charge in [-0.3, -0.25) is 4.90 Å². The lowest BCUT2D eigenvalue weighted by Gasteiger charge is -2.19. The number of amides is 2. The van der Waals surface area contributed by atoms with E-state index in [0.717, 1.165) is 12.1 Å². The Kier molecular flexibility index (Phi) is 3.71. The average molecular weight is 303 g/mol. The number of hydrogen-bond donors (Lipinski definition) is 1. The third-order valence-corrected chi connectivity index (χ3v) is 3.77. The number of fused-ring (bicyclic) bond motifs is 1. The topological polar surface area (TPSA) is 41.6 Å². The number of ether oxygens (including phenoxy) is 1. The summed E-state index contributed by atoms with van der Waals surface area (Å²) in [5.74, 6) is 0.584. The molecule has 108 valence electrons. The van der Waals surface area contributed by atoms with Crippen LogP contribution in [0.4, 0.5) is 16.2 Å². The second-order valence-corrected chi connectivity index (χ2v) is 5.24. The Morgan fingerprint density at radius 1 is 1.29 bits per heavy atom. The van der Waals surface area contributed by atoms with E-state index in [1.807, 2.05) is 24.3 Å². The number of carbonyl (C=O) groups is 1. The minimum absolute atomic E-state index is 0.180. The summed E-state index contributed by atoms with van der Waals surface area (Å²) < 4.78 is 5.24. The molecule has 5 heteroatoms. The van der Waals surface area contributed by atoms with Crippen molar-refractivity contribution < 1.29 is 9.53 Å². The molecule has 2 aromatic carbocycles. The van der Waals surface area contributed by atoms with Crippen LogP contribution in [-0.4, -0.2) is 19.7 Å². The third kappa shape index (κ3) is 2.67. The molecule has 1 N–H and O–H groups in total. The lowest BCUT2D eigenvalue weighted by atomic mass is 10.2. The number of anilines is 2. The molecule has 1 heterocycles. The first-order valence-electron chi connectivity index (χ1n) is 6.69. The number of rotatable bonds is 2. The zero-order chi connectivity index (χ0) is 14.8. The monoisotopic (exact) mass is 302 g/mol. The molecule has 0 atom stereocenters. The molecule has 3 rings (SSSR count). The van der Waals surface area contributed by atoms with Crippen LogP contribution in [0.2, 0.25) is 5.02 Å². The fourth-order valence-electron chi connectivity index (χ4n) is 2.51. The lowest BCUT2D eigenvalue weighted by molar-refractivity contribution is 0.257. The van der Waals surface area contributed by atoms with Gasteiger partial charge in [0.25, 0.3) is 0 Å². The van der Waals surface area contributed by atoms with Crippen LogP contribution in [-0.2, 0) is 6.42 Å². The van der Waals surface area contributed by atoms with E-state index in [4.69, 9.17) is 16.3 Å². The number of para-hydroxylation sites is 1. The minimum atomic E-state index is -0.180. The molecule has 0 spiro atoms. The normalized spacial score (nSPS) is 13.0. The van der Waals surface area contributed by atoms with E-state index in [1.165, 1.54) is 5.56 Å². The first kappa shape index (κ1) is 13.8. The quantitative estimate of drug-likeness (QED) is 0.913. The van der Waals surface area contributed by atoms with Gasteiger partial charge in [-0.05, 0) is 36.2 Å². The van der Waals surface area contributed by atoms with Crippen molar-refractivity contribution in [3.8, 4) is 5.75 Å². The van der Waals surface area contributed by atoms with Crippen LogP contribution in [0, 0.1) is 0 Å². The van der Waals surface area contributed by atoms with E-state index in [2.05, 4.69) is 5.32 Å². The summed E-state index contributed by atoms with van der Waals surface area (Å²) >= 11 is 5.98. The van der Waals surface area contributed by atoms with Crippen molar-refractivity contribution in [2.45, 2.75) is 6.42 Å². The molecule has 2 aromatic rings. The Labute approximate surface area is 128 Å². The highest BCUT2D eigenvalue weighted by atomic mass is 35.5. The molecule has 21 heavy (non-hydrogen) atoms. The molecule has 0 aromatic heterocycles. The van der Waals surface area contributed by atoms with Gasteiger partial charge >= 0.3 is 6.03 Å². The molecule has 1 aliphatic rings. The SMILES string of the molecule is COc1ccc(Cl)cc1NC(=O)N1CCc2ccccc21. The third-order valence-electron chi connectivity index (χ3n) is 3.54. The van der Waals surface area contributed by atoms with Crippen molar-refractivity contribution in [3.63, 3.8) is 0 Å². The van der Waals surface area contributed by atoms with Crippen LogP contribution in [0.5, 0.6) is 5.75 Å². The Bertz CT molecular complexity index is 688. The van der Waals surface area contributed by atoms with Crippen LogP contribution in [0.15, 0.2) is 42.5 Å². The molecular weight excluding hydrogens is 288 g/mol. The Hall–Kier alpha value is -2.20. The predicted octanol–water partition coefficient (Wildman–Crippen LogP) is 3.94. The summed E-state index contributed by atoms with van der Waals surface area (Å²) in [6.07, 6.45) is 0.871. The number of nitrogens with one attached hydrogen (secondary N) is 1. The molecule has 0 radical (unpaired) electrons. The summed E-state index contributed by atoms with van der Waals surface area (Å²) in [6, 6.07) is 12.9. The first-order chi connectivity index (χ1) is 10.2. The number of nitrogens with zero attached hydrogens (tertiary/aromatic N) is 1. The fourth-order valence-corrected chi connectivity index (χ4v) is 2.68. The van der Waals surface area contributed by atoms with Crippen LogP contribution in [0.3, 0.4) is 0 Å². The Balaban J connectivity index is 1.83. The van der Waals surface area contributed by atoms with Gasteiger partial charge in [0.1, 0.15) is 5.75 Å². The van der Waals surface area contributed by atoms with Crippen LogP contribution in [0.25, 0.3) is 0 Å². The molecule has 0 unspecified atom stereocenters. The Morgan fingerprint density at radius 3 is 2.90 bits per heavy atom. The smallest absolute Gasteiger partial charge is 0.326 e. The van der Waals surface area contributed by atoms with E-state index >= 15 is 0 Å². The fraction of sp³-hybridized carbons (Fsp3) is 0.188. The van der Waals surface area contributed by atoms with Crippen molar-refractivity contribution in [3.05, 3.63) is 53.1 Å². The number of urea groups is 1. The minimum Gasteiger partial charge on any atom is -0.495 e. The van der Waals surface area contributed by atoms with Crippen LogP contribution >= 0.6 is 11.6 Å². The molecule has 0 saturated carbocycles. The van der Waals surface area contributed by atoms with Gasteiger partial charge in [-0.2, -0.15) is 0 Å². The highest BCUT2D eigenvalue weighted by Gasteiger charge is 2.24. The standard InChI is InChI=1S/C16H15ClN2O2/c1-21-15-7-6-12(17)10-13(15)18-16(20)19-9-8-11-4-2-3-5-14(11)19/h2-7,10H,8-9H2,1H3,(H,18,20). The second-order valence-electron chi connectivity index (χ2n) is 4.81. The van der Waals surface area contributed by atoms with E-state index in [1.54, 1.807) is 30.2 Å². The van der Waals surface area contributed by atoms with E-state index in [-0.39, 0.29) is 6.03 Å². The Morgan fingerprint density at radius 2 is 2.10 bits per heavy atom. The van der Waals surface area contributed by atoms with Crippen molar-refractivity contribution >= 4 is 29.0 Å². The maximum absolute atomic E-state index is 12.5. The van der Waals surface area contributed by atoms with Crippen molar-refractivity contribution in [1.29, 1.82) is 0 Å². The molecular formula is C16H15ClN2O2. The van der Waals surface area contributed by atoms with Gasteiger partial charge in [0.05, 0.1) is 12.8 Å². The summed E-state index contributed by atoms with van der Waals surface area (Å²) in [5.41, 5.74) is 2.71. The maximum atomic E-state index is 12.5. The summed E-state index contributed by atoms with van der Waals surface area (Å²) in [4.78, 5) is 14.2. The molecule has 1 aliphatic heterocycles. The molecule has 0 aliphatic carbocycles. The van der Waals surface area contributed by atoms with E-state index in [9.17, 15) is 4.79 Å². The molecule has 2 amide bonds. The van der Waals surface area contributed by atoms with Gasteiger partial charge in [0.2, 0.25) is 0 Å². The summed E-state index contributed by atoms with van der Waals surface area (Å²) in [6.45, 7) is 0.675. The average Bonchev–Trinajstić information content (AvgIpc) is 2.91. The largest absolute Gasteiger partial charge is 0.495 e. The second kappa shape index (κ2) is 5.66. The summed E-state index contributed by atoms with van der Waals surface area (Å²) in [5, 5.41) is 3.41. The van der Waals surface area contributed by atoms with Gasteiger partial charge in [-0.15, -0.1) is 0 Å². The highest BCUT2D eigenvalue weighted by molar-refractivity contribution is 6.31. The van der Waals surface area contributed by atoms with Crippen LogP contribution < -0.4 is 15.0 Å². The number of benzene rings is 2. The highest BCUT2D eigenvalue weighted by Crippen LogP contribution is 2.31. The number of halogens is 1. The number of hydrogen-bond acceptors (Lipinski definition) is 2. The lowest BCUT2D eigenvalue weighted by Crippen LogP contribution is -2.33. The molecule has 0 fully saturated rings. The number of carbonyl (C=O) groups excluding carboxylic acids is 1. The molecule has 0 saturated heterocycles. The molecule has 0 bridgehead atoms. The van der Waals surface area contributed by atoms with E-state index < -0.39 is 0 Å². The van der Waals surface area contributed by atoms with Gasteiger partial charge < -0.3 is 10.1 Å². The van der Waals surface area contributed by atoms with Crippen molar-refractivity contribution in [2.24, 2.45) is 0 Å². The zero-order valence-corrected chi connectivity index (χ0v) is 12.4. The van der Waals surface area contributed by atoms with Crippen LogP contribution in [0.1, 0.15) is 5.56 Å². The molecule has 4 nitrogen and oxygen atoms in total. The van der Waals surface area contributed by atoms with Gasteiger partial charge in [0, 0.05) is 17.3 Å². The predicted molar refractivity (Wildman–Crippen MR) is 84.5 cm³/mol. The van der Waals surface area contributed by atoms with Gasteiger partial charge in [-0.1, -0.05) is 29.8 Å². The maximum Gasteiger partial charge on any atom is 0.326 e. The first-order valence-corrected chi connectivity index (χ1v) is 7.07. The number of methoxy groups -OCH3 is 1. The van der Waals surface area contributed by atoms with Gasteiger partial charge in [-0.25, -0.2) is 4.79 Å². The van der Waals surface area contributed by atoms with Crippen molar-refractivity contribution in [2.75, 3.05) is 23.9 Å². The zero-order valence-electron chi connectivity index (χ0n) is 11.6. The van der Waals surface area contributed by atoms with Gasteiger partial charge in [0.15, 0.2) is 0 Å². The van der Waals surface area contributed by atoms with Crippen molar-refractivity contribution in [1.82, 2.24) is 0 Å². The van der Waals surface area contributed by atoms with E-state index in [0.29, 0.717) is 23.0 Å².